The molecule has 20 heavy (non-hydrogen) atoms. The Labute approximate surface area is 123 Å². The number of aliphatic hydroxyl groups is 1. The first-order valence-corrected chi connectivity index (χ1v) is 7.83. The number of ether oxygens (including phenoxy) is 1. The monoisotopic (exact) mass is 285 g/mol. The maximum atomic E-state index is 11.2. The van der Waals surface area contributed by atoms with Gasteiger partial charge in [0.2, 0.25) is 0 Å². The molecule has 0 aromatic rings. The predicted molar refractivity (Wildman–Crippen MR) is 82.7 cm³/mol. The minimum absolute atomic E-state index is 0.284. The lowest BCUT2D eigenvalue weighted by Crippen LogP contribution is -2.36. The van der Waals surface area contributed by atoms with E-state index in [0.29, 0.717) is 19.7 Å². The van der Waals surface area contributed by atoms with E-state index in [2.05, 4.69) is 18.7 Å². The number of carbonyl (C=O) groups excluding carboxylic acids is 1. The van der Waals surface area contributed by atoms with Gasteiger partial charge in [0.05, 0.1) is 6.10 Å². The second-order valence-corrected chi connectivity index (χ2v) is 5.12. The molecular weight excluding hydrogens is 254 g/mol. The third-order valence-electron chi connectivity index (χ3n) is 3.12. The number of carbonyl (C=O) groups is 1. The molecule has 4 heteroatoms. The van der Waals surface area contributed by atoms with Crippen LogP contribution < -0.4 is 0 Å². The number of allylic oxidation sites excluding steroid dienone is 1. The molecule has 0 aromatic carbocycles. The molecule has 0 aliphatic carbocycles. The fourth-order valence-corrected chi connectivity index (χ4v) is 2.06. The van der Waals surface area contributed by atoms with E-state index in [4.69, 9.17) is 4.74 Å². The Kier molecular flexibility index (Phi) is 12.6. The lowest BCUT2D eigenvalue weighted by molar-refractivity contribution is -0.138. The summed E-state index contributed by atoms with van der Waals surface area (Å²) in [5.74, 6) is -0.296. The molecule has 0 rings (SSSR count). The molecule has 118 valence electrons. The Hall–Kier alpha value is -0.870. The summed E-state index contributed by atoms with van der Waals surface area (Å²) in [6.07, 6.45) is 8.12. The maximum absolute atomic E-state index is 11.2. The zero-order valence-corrected chi connectivity index (χ0v) is 13.3. The van der Waals surface area contributed by atoms with Crippen molar-refractivity contribution in [2.75, 3.05) is 26.2 Å². The van der Waals surface area contributed by atoms with Crippen molar-refractivity contribution in [2.45, 2.75) is 59.0 Å². The molecule has 0 amide bonds. The normalized spacial score (nSPS) is 13.1. The quantitative estimate of drug-likeness (QED) is 0.340. The first-order chi connectivity index (χ1) is 9.63. The van der Waals surface area contributed by atoms with E-state index >= 15 is 0 Å². The van der Waals surface area contributed by atoms with Gasteiger partial charge in [-0.25, -0.2) is 4.79 Å². The number of esters is 1. The van der Waals surface area contributed by atoms with Gasteiger partial charge in [-0.3, -0.25) is 4.90 Å². The van der Waals surface area contributed by atoms with Crippen LogP contribution in [0.5, 0.6) is 0 Å². The molecule has 0 spiro atoms. The summed E-state index contributed by atoms with van der Waals surface area (Å²) in [7, 11) is 0. The van der Waals surface area contributed by atoms with Crippen LogP contribution in [0.4, 0.5) is 0 Å². The van der Waals surface area contributed by atoms with E-state index in [1.54, 1.807) is 13.0 Å². The van der Waals surface area contributed by atoms with Crippen LogP contribution in [0.1, 0.15) is 52.9 Å². The van der Waals surface area contributed by atoms with Crippen molar-refractivity contribution in [3.63, 3.8) is 0 Å². The van der Waals surface area contributed by atoms with E-state index in [-0.39, 0.29) is 12.1 Å². The Morgan fingerprint density at radius 3 is 2.60 bits per heavy atom. The van der Waals surface area contributed by atoms with E-state index in [1.807, 2.05) is 0 Å². The van der Waals surface area contributed by atoms with Crippen molar-refractivity contribution in [1.82, 2.24) is 4.90 Å². The van der Waals surface area contributed by atoms with Crippen LogP contribution in [-0.4, -0.2) is 48.3 Å². The first-order valence-electron chi connectivity index (χ1n) is 7.83. The smallest absolute Gasteiger partial charge is 0.330 e. The highest BCUT2D eigenvalue weighted by atomic mass is 16.5. The van der Waals surface area contributed by atoms with Crippen LogP contribution in [0.25, 0.3) is 0 Å². The van der Waals surface area contributed by atoms with Gasteiger partial charge in [0, 0.05) is 19.2 Å². The van der Waals surface area contributed by atoms with Gasteiger partial charge < -0.3 is 9.84 Å². The number of aliphatic hydroxyl groups excluding tert-OH is 1. The molecule has 0 radical (unpaired) electrons. The second kappa shape index (κ2) is 13.1. The van der Waals surface area contributed by atoms with Gasteiger partial charge in [0.25, 0.3) is 0 Å². The third-order valence-corrected chi connectivity index (χ3v) is 3.12. The van der Waals surface area contributed by atoms with Crippen LogP contribution in [0, 0.1) is 0 Å². The Balaban J connectivity index is 4.05. The molecule has 0 fully saturated rings. The molecule has 0 saturated heterocycles. The Morgan fingerprint density at radius 2 is 2.00 bits per heavy atom. The molecule has 4 nitrogen and oxygen atoms in total. The van der Waals surface area contributed by atoms with Gasteiger partial charge in [-0.05, 0) is 26.3 Å². The van der Waals surface area contributed by atoms with Crippen molar-refractivity contribution in [2.24, 2.45) is 0 Å². The molecule has 0 heterocycles. The second-order valence-electron chi connectivity index (χ2n) is 5.12. The fourth-order valence-electron chi connectivity index (χ4n) is 2.06. The van der Waals surface area contributed by atoms with Crippen LogP contribution >= 0.6 is 0 Å². The SMILES string of the molecule is C/C=C/C(=O)OCCN(CCCCC)CC(O)CCC. The van der Waals surface area contributed by atoms with E-state index in [9.17, 15) is 9.90 Å². The summed E-state index contributed by atoms with van der Waals surface area (Å²) < 4.78 is 5.11. The summed E-state index contributed by atoms with van der Waals surface area (Å²) in [6, 6.07) is 0. The molecule has 1 atom stereocenters. The highest BCUT2D eigenvalue weighted by molar-refractivity contribution is 5.81. The minimum Gasteiger partial charge on any atom is -0.461 e. The zero-order chi connectivity index (χ0) is 15.2. The molecule has 0 bridgehead atoms. The zero-order valence-electron chi connectivity index (χ0n) is 13.3. The molecule has 0 aliphatic heterocycles. The summed E-state index contributed by atoms with van der Waals surface area (Å²) in [4.78, 5) is 13.4. The summed E-state index contributed by atoms with van der Waals surface area (Å²) in [5.41, 5.74) is 0. The predicted octanol–water partition coefficient (Wildman–Crippen LogP) is 2.76. The van der Waals surface area contributed by atoms with Crippen molar-refractivity contribution in [1.29, 1.82) is 0 Å². The van der Waals surface area contributed by atoms with Crippen molar-refractivity contribution in [3.8, 4) is 0 Å². The molecule has 1 N–H and O–H groups in total. The lowest BCUT2D eigenvalue weighted by atomic mass is 10.2. The Bertz CT molecular complexity index is 266. The summed E-state index contributed by atoms with van der Waals surface area (Å²) in [6.45, 7) is 8.73. The van der Waals surface area contributed by atoms with E-state index < -0.39 is 0 Å². The largest absolute Gasteiger partial charge is 0.461 e. The van der Waals surface area contributed by atoms with Gasteiger partial charge in [-0.15, -0.1) is 0 Å². The van der Waals surface area contributed by atoms with Gasteiger partial charge in [0.1, 0.15) is 6.61 Å². The first kappa shape index (κ1) is 19.1. The average molecular weight is 285 g/mol. The highest BCUT2D eigenvalue weighted by Gasteiger charge is 2.11. The summed E-state index contributed by atoms with van der Waals surface area (Å²) in [5, 5.41) is 9.91. The molecule has 0 saturated carbocycles. The van der Waals surface area contributed by atoms with E-state index in [0.717, 1.165) is 25.8 Å². The maximum Gasteiger partial charge on any atom is 0.330 e. The van der Waals surface area contributed by atoms with Crippen molar-refractivity contribution < 1.29 is 14.6 Å². The van der Waals surface area contributed by atoms with Crippen LogP contribution in [0.3, 0.4) is 0 Å². The number of rotatable bonds is 12. The number of nitrogens with zero attached hydrogens (tertiary/aromatic N) is 1. The molecular formula is C16H31NO3. The molecule has 0 aromatic heterocycles. The minimum atomic E-state index is -0.296. The van der Waals surface area contributed by atoms with Gasteiger partial charge in [-0.2, -0.15) is 0 Å². The van der Waals surface area contributed by atoms with Gasteiger partial charge in [-0.1, -0.05) is 39.2 Å². The fraction of sp³-hybridized carbons (Fsp3) is 0.812. The Morgan fingerprint density at radius 1 is 1.25 bits per heavy atom. The third kappa shape index (κ3) is 11.0. The topological polar surface area (TPSA) is 49.8 Å². The van der Waals surface area contributed by atoms with Gasteiger partial charge in [0.15, 0.2) is 0 Å². The standard InChI is InChI=1S/C16H31NO3/c1-4-7-8-11-17(14-15(18)9-5-2)12-13-20-16(19)10-6-3/h6,10,15,18H,4-5,7-9,11-14H2,1-3H3/b10-6+. The number of hydrogen-bond acceptors (Lipinski definition) is 4. The van der Waals surface area contributed by atoms with E-state index in [1.165, 1.54) is 18.9 Å². The van der Waals surface area contributed by atoms with Crippen LogP contribution in [0.2, 0.25) is 0 Å². The van der Waals surface area contributed by atoms with Crippen molar-refractivity contribution in [3.05, 3.63) is 12.2 Å². The number of unbranched alkanes of at least 4 members (excludes halogenated alkanes) is 2. The highest BCUT2D eigenvalue weighted by Crippen LogP contribution is 2.03. The molecule has 1 unspecified atom stereocenters. The van der Waals surface area contributed by atoms with Crippen LogP contribution in [-0.2, 0) is 9.53 Å². The van der Waals surface area contributed by atoms with Crippen molar-refractivity contribution >= 4 is 5.97 Å². The molecule has 0 aliphatic rings. The lowest BCUT2D eigenvalue weighted by Gasteiger charge is -2.24. The van der Waals surface area contributed by atoms with Crippen LogP contribution in [0.15, 0.2) is 12.2 Å². The summed E-state index contributed by atoms with van der Waals surface area (Å²) >= 11 is 0. The van der Waals surface area contributed by atoms with Gasteiger partial charge >= 0.3 is 5.97 Å². The average Bonchev–Trinajstić information content (AvgIpc) is 2.39. The number of hydrogen-bond donors (Lipinski definition) is 1.